The van der Waals surface area contributed by atoms with Crippen molar-refractivity contribution in [1.82, 2.24) is 25.3 Å². The molecule has 0 bridgehead atoms. The fraction of sp³-hybridized carbons (Fsp3) is 0.136. The maximum atomic E-state index is 12.0. The molecule has 8 nitrogen and oxygen atoms in total. The Morgan fingerprint density at radius 1 is 0.900 bits per heavy atom. The Kier molecular flexibility index (Phi) is 4.53. The molecule has 8 heteroatoms. The molecule has 3 heterocycles. The zero-order chi connectivity index (χ0) is 20.5. The molecule has 148 valence electrons. The highest BCUT2D eigenvalue weighted by Gasteiger charge is 2.14. The van der Waals surface area contributed by atoms with Crippen LogP contribution in [0.5, 0.6) is 0 Å². The number of nitrogens with one attached hydrogen (secondary N) is 2. The summed E-state index contributed by atoms with van der Waals surface area (Å²) in [5, 5.41) is 7.34. The van der Waals surface area contributed by atoms with E-state index in [0.29, 0.717) is 24.4 Å². The maximum Gasteiger partial charge on any atom is 0.319 e. The maximum absolute atomic E-state index is 12.0. The zero-order valence-electron chi connectivity index (χ0n) is 16.2. The van der Waals surface area contributed by atoms with Gasteiger partial charge in [0.15, 0.2) is 0 Å². The van der Waals surface area contributed by atoms with E-state index in [1.807, 2.05) is 42.5 Å². The molecule has 0 atom stereocenters. The molecular weight excluding hydrogens is 380 g/mol. The van der Waals surface area contributed by atoms with E-state index in [0.717, 1.165) is 38.4 Å². The second kappa shape index (κ2) is 7.49. The molecule has 3 aromatic heterocycles. The summed E-state index contributed by atoms with van der Waals surface area (Å²) in [6.45, 7) is 0.882. The molecule has 0 radical (unpaired) electrons. The lowest BCUT2D eigenvalue weighted by Gasteiger charge is -2.10. The van der Waals surface area contributed by atoms with Crippen LogP contribution in [-0.4, -0.2) is 46.2 Å². The predicted molar refractivity (Wildman–Crippen MR) is 117 cm³/mol. The average Bonchev–Trinajstić information content (AvgIpc) is 2.78. The quantitative estimate of drug-likeness (QED) is 0.272. The van der Waals surface area contributed by atoms with Crippen LogP contribution in [0.1, 0.15) is 0 Å². The minimum absolute atomic E-state index is 0.299. The van der Waals surface area contributed by atoms with Crippen molar-refractivity contribution < 1.29 is 9.53 Å². The van der Waals surface area contributed by atoms with Gasteiger partial charge in [-0.25, -0.2) is 14.8 Å². The molecule has 0 saturated carbocycles. The Hall–Kier alpha value is -3.91. The highest BCUT2D eigenvalue weighted by atomic mass is 16.5. The molecule has 2 aromatic carbocycles. The topological polar surface area (TPSA) is 102 Å². The number of carbonyl (C=O) groups is 1. The summed E-state index contributed by atoms with van der Waals surface area (Å²) >= 11 is 0. The molecule has 0 spiro atoms. The summed E-state index contributed by atoms with van der Waals surface area (Å²) in [6.07, 6.45) is 3.51. The van der Waals surface area contributed by atoms with E-state index in [9.17, 15) is 4.79 Å². The van der Waals surface area contributed by atoms with Crippen LogP contribution in [-0.2, 0) is 4.74 Å². The van der Waals surface area contributed by atoms with Crippen molar-refractivity contribution in [3.05, 3.63) is 54.9 Å². The van der Waals surface area contributed by atoms with Crippen molar-refractivity contribution in [2.45, 2.75) is 0 Å². The minimum atomic E-state index is -0.299. The summed E-state index contributed by atoms with van der Waals surface area (Å²) in [4.78, 5) is 30.8. The molecule has 0 aliphatic rings. The third kappa shape index (κ3) is 3.13. The molecule has 0 aliphatic carbocycles. The first-order valence-electron chi connectivity index (χ1n) is 9.51. The number of nitrogens with zero attached hydrogens (tertiary/aromatic N) is 4. The first kappa shape index (κ1) is 18.1. The highest BCUT2D eigenvalue weighted by molar-refractivity contribution is 6.21. The first-order valence-corrected chi connectivity index (χ1v) is 9.51. The van der Waals surface area contributed by atoms with E-state index < -0.39 is 0 Å². The number of methoxy groups -OCH3 is 1. The van der Waals surface area contributed by atoms with Gasteiger partial charge in [0.25, 0.3) is 0 Å². The van der Waals surface area contributed by atoms with Gasteiger partial charge in [-0.2, -0.15) is 0 Å². The lowest BCUT2D eigenvalue weighted by atomic mass is 10.1. The largest absolute Gasteiger partial charge is 0.383 e. The third-order valence-electron chi connectivity index (χ3n) is 4.86. The van der Waals surface area contributed by atoms with Gasteiger partial charge in [0.1, 0.15) is 0 Å². The summed E-state index contributed by atoms with van der Waals surface area (Å²) in [5.74, 6) is 0. The third-order valence-corrected chi connectivity index (χ3v) is 4.86. The second-order valence-corrected chi connectivity index (χ2v) is 6.80. The van der Waals surface area contributed by atoms with Crippen molar-refractivity contribution in [2.75, 3.05) is 25.6 Å². The number of carbonyl (C=O) groups excluding carboxylic acids is 1. The van der Waals surface area contributed by atoms with Crippen LogP contribution in [0.3, 0.4) is 0 Å². The van der Waals surface area contributed by atoms with Gasteiger partial charge in [0, 0.05) is 42.5 Å². The van der Waals surface area contributed by atoms with Gasteiger partial charge in [-0.05, 0) is 42.5 Å². The van der Waals surface area contributed by atoms with Crippen molar-refractivity contribution in [3.63, 3.8) is 0 Å². The number of hydrogen-bond donors (Lipinski definition) is 2. The van der Waals surface area contributed by atoms with Crippen molar-refractivity contribution in [3.8, 4) is 0 Å². The number of fused-ring (bicyclic) bond motifs is 7. The molecule has 2 amide bonds. The van der Waals surface area contributed by atoms with Crippen LogP contribution in [0, 0.1) is 0 Å². The van der Waals surface area contributed by atoms with Crippen LogP contribution < -0.4 is 10.6 Å². The minimum Gasteiger partial charge on any atom is -0.383 e. The predicted octanol–water partition coefficient (Wildman–Crippen LogP) is 3.65. The number of hydrogen-bond acceptors (Lipinski definition) is 6. The van der Waals surface area contributed by atoms with Crippen LogP contribution in [0.2, 0.25) is 0 Å². The van der Waals surface area contributed by atoms with Crippen molar-refractivity contribution in [1.29, 1.82) is 0 Å². The number of amides is 2. The Morgan fingerprint density at radius 3 is 2.23 bits per heavy atom. The van der Waals surface area contributed by atoms with E-state index >= 15 is 0 Å². The molecular formula is C22H18N6O2. The normalized spacial score (nSPS) is 11.4. The number of rotatable bonds is 4. The van der Waals surface area contributed by atoms with Gasteiger partial charge in [-0.3, -0.25) is 9.97 Å². The standard InChI is InChI=1S/C22H18N6O2/c1-30-11-10-25-22(29)26-13-6-7-16-17(12-13)28-21-15-5-3-9-24-19(15)18-14(20(21)27-16)4-2-8-23-18/h2-9,12H,10-11H2,1H3,(H2,25,26,29). The van der Waals surface area contributed by atoms with Crippen LogP contribution >= 0.6 is 0 Å². The van der Waals surface area contributed by atoms with Crippen LogP contribution in [0.15, 0.2) is 54.9 Å². The molecule has 0 fully saturated rings. The number of anilines is 1. The Balaban J connectivity index is 1.65. The lowest BCUT2D eigenvalue weighted by molar-refractivity contribution is 0.198. The van der Waals surface area contributed by atoms with E-state index in [2.05, 4.69) is 20.6 Å². The van der Waals surface area contributed by atoms with E-state index in [-0.39, 0.29) is 6.03 Å². The number of benzene rings is 2. The number of aromatic nitrogens is 4. The average molecular weight is 398 g/mol. The summed E-state index contributed by atoms with van der Waals surface area (Å²) < 4.78 is 4.94. The lowest BCUT2D eigenvalue weighted by Crippen LogP contribution is -2.31. The fourth-order valence-electron chi connectivity index (χ4n) is 3.52. The first-order chi connectivity index (χ1) is 14.7. The Labute approximate surface area is 171 Å². The smallest absolute Gasteiger partial charge is 0.319 e. The van der Waals surface area contributed by atoms with Gasteiger partial charge in [-0.15, -0.1) is 0 Å². The second-order valence-electron chi connectivity index (χ2n) is 6.80. The Bertz CT molecular complexity index is 1420. The van der Waals surface area contributed by atoms with E-state index in [1.165, 1.54) is 0 Å². The van der Waals surface area contributed by atoms with Crippen LogP contribution in [0.4, 0.5) is 10.5 Å². The summed E-state index contributed by atoms with van der Waals surface area (Å²) in [7, 11) is 1.59. The molecule has 0 saturated heterocycles. The van der Waals surface area contributed by atoms with Crippen molar-refractivity contribution >= 4 is 55.6 Å². The molecule has 5 aromatic rings. The van der Waals surface area contributed by atoms with Gasteiger partial charge in [0.2, 0.25) is 0 Å². The van der Waals surface area contributed by atoms with Crippen LogP contribution in [0.25, 0.3) is 43.9 Å². The van der Waals surface area contributed by atoms with E-state index in [1.54, 1.807) is 19.5 Å². The van der Waals surface area contributed by atoms with Gasteiger partial charge >= 0.3 is 6.03 Å². The number of pyridine rings is 2. The van der Waals surface area contributed by atoms with Gasteiger partial charge in [0.05, 0.1) is 39.7 Å². The molecule has 2 N–H and O–H groups in total. The van der Waals surface area contributed by atoms with Crippen molar-refractivity contribution in [2.24, 2.45) is 0 Å². The zero-order valence-corrected chi connectivity index (χ0v) is 16.2. The molecule has 0 aliphatic heterocycles. The fourth-order valence-corrected chi connectivity index (χ4v) is 3.52. The summed E-state index contributed by atoms with van der Waals surface area (Å²) in [6, 6.07) is 12.9. The number of ether oxygens (including phenoxy) is 1. The van der Waals surface area contributed by atoms with Gasteiger partial charge in [-0.1, -0.05) is 0 Å². The monoisotopic (exact) mass is 398 g/mol. The van der Waals surface area contributed by atoms with E-state index in [4.69, 9.17) is 14.7 Å². The molecule has 30 heavy (non-hydrogen) atoms. The summed E-state index contributed by atoms with van der Waals surface area (Å²) in [5.41, 5.74) is 5.20. The molecule has 0 unspecified atom stereocenters. The highest BCUT2D eigenvalue weighted by Crippen LogP contribution is 2.32. The van der Waals surface area contributed by atoms with Gasteiger partial charge < -0.3 is 15.4 Å². The Morgan fingerprint density at radius 2 is 1.57 bits per heavy atom. The SMILES string of the molecule is COCCNC(=O)Nc1ccc2nc3c4cccnc4c4ncccc4c3nc2c1. The number of urea groups is 1. The molecule has 5 rings (SSSR count).